The summed E-state index contributed by atoms with van der Waals surface area (Å²) >= 11 is 3.32. The normalized spacial score (nSPS) is 13.9. The average Bonchev–Trinajstić information content (AvgIpc) is 2.37. The minimum Gasteiger partial charge on any atom is -0.486 e. The molecule has 20 heavy (non-hydrogen) atoms. The summed E-state index contributed by atoms with van der Waals surface area (Å²) in [5, 5.41) is 9.09. The first-order chi connectivity index (χ1) is 9.31. The van der Waals surface area contributed by atoms with Gasteiger partial charge in [0.1, 0.15) is 13.2 Å². The van der Waals surface area contributed by atoms with Crippen LogP contribution in [-0.2, 0) is 4.79 Å². The third-order valence-electron chi connectivity index (χ3n) is 3.11. The van der Waals surface area contributed by atoms with Gasteiger partial charge in [0.05, 0.1) is 5.41 Å². The summed E-state index contributed by atoms with van der Waals surface area (Å²) < 4.78 is 11.4. The molecular weight excluding hydrogens is 328 g/mol. The number of carboxylic acids is 1. The van der Waals surface area contributed by atoms with Gasteiger partial charge in [-0.3, -0.25) is 9.59 Å². The zero-order valence-electron chi connectivity index (χ0n) is 11.2. The summed E-state index contributed by atoms with van der Waals surface area (Å²) in [6.45, 7) is 3.96. The molecule has 108 valence electrons. The van der Waals surface area contributed by atoms with Gasteiger partial charge in [-0.2, -0.15) is 0 Å². The molecule has 2 rings (SSSR count). The highest BCUT2D eigenvalue weighted by Gasteiger charge is 2.31. The molecule has 0 fully saturated rings. The zero-order valence-corrected chi connectivity index (χ0v) is 12.8. The Morgan fingerprint density at radius 3 is 2.35 bits per heavy atom. The second kappa shape index (κ2) is 5.44. The van der Waals surface area contributed by atoms with Crippen LogP contribution in [0.15, 0.2) is 16.6 Å². The first-order valence-electron chi connectivity index (χ1n) is 6.17. The van der Waals surface area contributed by atoms with E-state index in [1.807, 2.05) is 0 Å². The number of ether oxygens (including phenoxy) is 2. The highest BCUT2D eigenvalue weighted by molar-refractivity contribution is 9.10. The molecule has 1 aromatic rings. The van der Waals surface area contributed by atoms with Crippen LogP contribution < -0.4 is 9.47 Å². The molecule has 5 nitrogen and oxygen atoms in total. The van der Waals surface area contributed by atoms with Gasteiger partial charge in [0.15, 0.2) is 17.3 Å². The topological polar surface area (TPSA) is 72.8 Å². The molecule has 0 amide bonds. The van der Waals surface area contributed by atoms with Crippen LogP contribution in [0.2, 0.25) is 0 Å². The molecule has 0 bridgehead atoms. The number of carbonyl (C=O) groups excluding carboxylic acids is 1. The van der Waals surface area contributed by atoms with Gasteiger partial charge in [-0.05, 0) is 41.9 Å². The van der Waals surface area contributed by atoms with Gasteiger partial charge in [-0.1, -0.05) is 0 Å². The average molecular weight is 343 g/mol. The van der Waals surface area contributed by atoms with E-state index < -0.39 is 11.4 Å². The summed E-state index contributed by atoms with van der Waals surface area (Å²) in [6, 6.07) is 3.27. The van der Waals surface area contributed by atoms with Crippen LogP contribution in [0.1, 0.15) is 30.6 Å². The number of fused-ring (bicyclic) bond motifs is 1. The van der Waals surface area contributed by atoms with Crippen molar-refractivity contribution >= 4 is 27.7 Å². The summed E-state index contributed by atoms with van der Waals surface area (Å²) in [5.74, 6) is -0.158. The lowest BCUT2D eigenvalue weighted by molar-refractivity contribution is -0.146. The fourth-order valence-electron chi connectivity index (χ4n) is 1.85. The minimum absolute atomic E-state index is 0.0828. The van der Waals surface area contributed by atoms with Crippen molar-refractivity contribution in [1.29, 1.82) is 0 Å². The van der Waals surface area contributed by atoms with E-state index in [1.54, 1.807) is 12.1 Å². The second-order valence-corrected chi connectivity index (χ2v) is 6.12. The minimum atomic E-state index is -1.11. The Kier molecular flexibility index (Phi) is 4.04. The molecule has 1 aliphatic heterocycles. The largest absolute Gasteiger partial charge is 0.486 e. The molecule has 0 atom stereocenters. The highest BCUT2D eigenvalue weighted by atomic mass is 79.9. The summed E-state index contributed by atoms with van der Waals surface area (Å²) in [7, 11) is 0. The van der Waals surface area contributed by atoms with Crippen molar-refractivity contribution in [3.8, 4) is 11.5 Å². The maximum Gasteiger partial charge on any atom is 0.309 e. The first kappa shape index (κ1) is 14.8. The van der Waals surface area contributed by atoms with Crippen molar-refractivity contribution in [2.24, 2.45) is 5.41 Å². The van der Waals surface area contributed by atoms with E-state index in [-0.39, 0.29) is 12.2 Å². The van der Waals surface area contributed by atoms with E-state index in [0.717, 1.165) is 0 Å². The lowest BCUT2D eigenvalue weighted by Gasteiger charge is -2.21. The van der Waals surface area contributed by atoms with Crippen LogP contribution in [0.5, 0.6) is 11.5 Å². The molecule has 6 heteroatoms. The van der Waals surface area contributed by atoms with Crippen LogP contribution in [0.4, 0.5) is 0 Å². The van der Waals surface area contributed by atoms with Crippen molar-refractivity contribution in [2.75, 3.05) is 13.2 Å². The second-order valence-electron chi connectivity index (χ2n) is 5.26. The molecule has 1 aliphatic rings. The van der Waals surface area contributed by atoms with E-state index in [0.29, 0.717) is 34.7 Å². The van der Waals surface area contributed by atoms with Crippen LogP contribution in [-0.4, -0.2) is 30.1 Å². The Labute approximate surface area is 125 Å². The number of halogens is 1. The number of benzene rings is 1. The van der Waals surface area contributed by atoms with Crippen molar-refractivity contribution in [3.63, 3.8) is 0 Å². The van der Waals surface area contributed by atoms with E-state index in [4.69, 9.17) is 14.6 Å². The molecule has 0 aromatic heterocycles. The molecule has 1 N–H and O–H groups in total. The summed E-state index contributed by atoms with van der Waals surface area (Å²) in [6.07, 6.45) is -0.0828. The highest BCUT2D eigenvalue weighted by Crippen LogP contribution is 2.37. The summed E-state index contributed by atoms with van der Waals surface area (Å²) in [5.41, 5.74) is -0.701. The van der Waals surface area contributed by atoms with Crippen molar-refractivity contribution in [2.45, 2.75) is 20.3 Å². The predicted octanol–water partition coefficient (Wildman–Crippen LogP) is 2.90. The fourth-order valence-corrected chi connectivity index (χ4v) is 2.39. The Bertz CT molecular complexity index is 565. The monoisotopic (exact) mass is 342 g/mol. The van der Waals surface area contributed by atoms with Crippen LogP contribution in [0.25, 0.3) is 0 Å². The molecular formula is C14H15BrO5. The molecule has 0 saturated carbocycles. The molecule has 1 aromatic carbocycles. The van der Waals surface area contributed by atoms with Crippen molar-refractivity contribution in [1.82, 2.24) is 0 Å². The number of carboxylic acid groups (broad SMARTS) is 1. The van der Waals surface area contributed by atoms with Gasteiger partial charge in [0.25, 0.3) is 0 Å². The van der Waals surface area contributed by atoms with Crippen molar-refractivity contribution < 1.29 is 24.2 Å². The number of Topliss-reactive ketones (excluding diaryl/α,β-unsaturated/α-hetero) is 1. The van der Waals surface area contributed by atoms with Crippen LogP contribution >= 0.6 is 15.9 Å². The SMILES string of the molecule is CC(C)(CC(=O)c1cc2c(cc1Br)OCCO2)C(=O)O. The smallest absolute Gasteiger partial charge is 0.309 e. The Morgan fingerprint density at radius 2 is 1.80 bits per heavy atom. The predicted molar refractivity (Wildman–Crippen MR) is 75.5 cm³/mol. The lowest BCUT2D eigenvalue weighted by Crippen LogP contribution is -2.27. The third kappa shape index (κ3) is 2.95. The lowest BCUT2D eigenvalue weighted by atomic mass is 9.85. The van der Waals surface area contributed by atoms with E-state index in [2.05, 4.69) is 15.9 Å². The van der Waals surface area contributed by atoms with Crippen LogP contribution in [0.3, 0.4) is 0 Å². The maximum absolute atomic E-state index is 12.3. The summed E-state index contributed by atoms with van der Waals surface area (Å²) in [4.78, 5) is 23.4. The first-order valence-corrected chi connectivity index (χ1v) is 6.96. The number of ketones is 1. The van der Waals surface area contributed by atoms with E-state index in [1.165, 1.54) is 13.8 Å². The van der Waals surface area contributed by atoms with Gasteiger partial charge in [0.2, 0.25) is 0 Å². The number of hydrogen-bond donors (Lipinski definition) is 1. The van der Waals surface area contributed by atoms with Gasteiger partial charge >= 0.3 is 5.97 Å². The van der Waals surface area contributed by atoms with Gasteiger partial charge < -0.3 is 14.6 Å². The molecule has 0 aliphatic carbocycles. The molecule has 1 heterocycles. The fraction of sp³-hybridized carbons (Fsp3) is 0.429. The Balaban J connectivity index is 2.28. The standard InChI is InChI=1S/C14H15BrO5/c1-14(2,13(17)18)7-10(16)8-5-11-12(6-9(8)15)20-4-3-19-11/h5-6H,3-4,7H2,1-2H3,(H,17,18). The number of carbonyl (C=O) groups is 2. The number of aliphatic carboxylic acids is 1. The molecule has 0 saturated heterocycles. The Hall–Kier alpha value is -1.56. The number of hydrogen-bond acceptors (Lipinski definition) is 4. The van der Waals surface area contributed by atoms with Crippen LogP contribution in [0, 0.1) is 5.41 Å². The zero-order chi connectivity index (χ0) is 14.9. The number of rotatable bonds is 4. The van der Waals surface area contributed by atoms with Gasteiger partial charge in [-0.25, -0.2) is 0 Å². The maximum atomic E-state index is 12.3. The van der Waals surface area contributed by atoms with E-state index in [9.17, 15) is 9.59 Å². The molecule has 0 spiro atoms. The van der Waals surface area contributed by atoms with Crippen molar-refractivity contribution in [3.05, 3.63) is 22.2 Å². The van der Waals surface area contributed by atoms with Gasteiger partial charge in [-0.15, -0.1) is 0 Å². The quantitative estimate of drug-likeness (QED) is 0.851. The third-order valence-corrected chi connectivity index (χ3v) is 3.77. The molecule has 0 radical (unpaired) electrons. The van der Waals surface area contributed by atoms with Gasteiger partial charge in [0, 0.05) is 16.5 Å². The Morgan fingerprint density at radius 1 is 1.25 bits per heavy atom. The molecule has 0 unspecified atom stereocenters. The van der Waals surface area contributed by atoms with E-state index >= 15 is 0 Å².